The van der Waals surface area contributed by atoms with Crippen molar-refractivity contribution in [2.75, 3.05) is 19.3 Å². The number of nitrogens with one attached hydrogen (secondary N) is 1. The molecule has 0 spiro atoms. The number of amides is 2. The van der Waals surface area contributed by atoms with E-state index < -0.39 is 0 Å². The molecule has 2 rings (SSSR count). The predicted molar refractivity (Wildman–Crippen MR) is 74.9 cm³/mol. The second-order valence-corrected chi connectivity index (χ2v) is 5.33. The quantitative estimate of drug-likeness (QED) is 0.782. The number of aryl methyl sites for hydroxylation is 1. The Labute approximate surface area is 118 Å². The Morgan fingerprint density at radius 1 is 1.45 bits per heavy atom. The topological polar surface area (TPSA) is 93.2 Å². The number of nitrogens with two attached hydrogens (primary N) is 1. The van der Waals surface area contributed by atoms with Gasteiger partial charge in [0.2, 0.25) is 11.8 Å². The maximum atomic E-state index is 12.1. The highest BCUT2D eigenvalue weighted by atomic mass is 16.2. The molecular formula is C13H21N5O2. The minimum absolute atomic E-state index is 0.0735. The fourth-order valence-electron chi connectivity index (χ4n) is 1.92. The first-order valence-electron chi connectivity index (χ1n) is 6.71. The van der Waals surface area contributed by atoms with Crippen LogP contribution in [0.4, 0.5) is 5.69 Å². The van der Waals surface area contributed by atoms with Crippen LogP contribution in [-0.4, -0.2) is 46.1 Å². The summed E-state index contributed by atoms with van der Waals surface area (Å²) in [5.74, 6) is -0.280. The SMILES string of the molecule is Cc1nn(CC(=O)N(C)CC(=O)NC2CC2)c(C)c1N. The molecule has 1 aliphatic rings. The molecule has 0 aliphatic heterocycles. The minimum atomic E-state index is -0.165. The number of aromatic nitrogens is 2. The third-order valence-corrected chi connectivity index (χ3v) is 3.47. The summed E-state index contributed by atoms with van der Waals surface area (Å²) in [6, 6.07) is 0.307. The molecule has 0 atom stereocenters. The molecule has 0 radical (unpaired) electrons. The Morgan fingerprint density at radius 3 is 2.60 bits per heavy atom. The van der Waals surface area contributed by atoms with Crippen LogP contribution < -0.4 is 11.1 Å². The van der Waals surface area contributed by atoms with E-state index in [1.807, 2.05) is 6.92 Å². The molecule has 7 nitrogen and oxygen atoms in total. The molecule has 0 aromatic carbocycles. The van der Waals surface area contributed by atoms with E-state index in [9.17, 15) is 9.59 Å². The summed E-state index contributed by atoms with van der Waals surface area (Å²) in [6.07, 6.45) is 2.07. The molecule has 1 saturated carbocycles. The van der Waals surface area contributed by atoms with Gasteiger partial charge in [0.25, 0.3) is 0 Å². The fraction of sp³-hybridized carbons (Fsp3) is 0.615. The van der Waals surface area contributed by atoms with Gasteiger partial charge in [0, 0.05) is 13.1 Å². The molecule has 0 unspecified atom stereocenters. The predicted octanol–water partition coefficient (Wildman–Crippen LogP) is -0.181. The number of rotatable bonds is 5. The molecule has 0 bridgehead atoms. The second-order valence-electron chi connectivity index (χ2n) is 5.33. The van der Waals surface area contributed by atoms with Crippen LogP contribution >= 0.6 is 0 Å². The van der Waals surface area contributed by atoms with E-state index >= 15 is 0 Å². The van der Waals surface area contributed by atoms with Crippen molar-refractivity contribution in [3.05, 3.63) is 11.4 Å². The van der Waals surface area contributed by atoms with Crippen molar-refractivity contribution in [3.63, 3.8) is 0 Å². The maximum absolute atomic E-state index is 12.1. The van der Waals surface area contributed by atoms with E-state index in [0.29, 0.717) is 17.4 Å². The van der Waals surface area contributed by atoms with Crippen LogP contribution in [0.1, 0.15) is 24.2 Å². The molecule has 0 saturated heterocycles. The molecule has 2 amide bonds. The molecule has 1 aromatic rings. The Kier molecular flexibility index (Phi) is 3.96. The van der Waals surface area contributed by atoms with Crippen molar-refractivity contribution in [2.24, 2.45) is 0 Å². The van der Waals surface area contributed by atoms with Crippen molar-refractivity contribution in [3.8, 4) is 0 Å². The summed E-state index contributed by atoms with van der Waals surface area (Å²) in [5.41, 5.74) is 7.91. The lowest BCUT2D eigenvalue weighted by molar-refractivity contribution is -0.135. The van der Waals surface area contributed by atoms with Crippen molar-refractivity contribution in [2.45, 2.75) is 39.3 Å². The Hall–Kier alpha value is -2.05. The van der Waals surface area contributed by atoms with Crippen LogP contribution in [0.3, 0.4) is 0 Å². The normalized spacial score (nSPS) is 14.2. The fourth-order valence-corrected chi connectivity index (χ4v) is 1.92. The molecule has 7 heteroatoms. The van der Waals surface area contributed by atoms with Crippen molar-refractivity contribution in [1.29, 1.82) is 0 Å². The third kappa shape index (κ3) is 3.28. The van der Waals surface area contributed by atoms with Gasteiger partial charge in [-0.1, -0.05) is 0 Å². The lowest BCUT2D eigenvalue weighted by Crippen LogP contribution is -2.40. The summed E-state index contributed by atoms with van der Waals surface area (Å²) in [7, 11) is 1.61. The van der Waals surface area contributed by atoms with Gasteiger partial charge in [-0.15, -0.1) is 0 Å². The Bertz CT molecular complexity index is 533. The first-order valence-corrected chi connectivity index (χ1v) is 6.71. The molecule has 110 valence electrons. The van der Waals surface area contributed by atoms with Gasteiger partial charge < -0.3 is 16.0 Å². The van der Waals surface area contributed by atoms with Gasteiger partial charge >= 0.3 is 0 Å². The number of likely N-dealkylation sites (N-methyl/N-ethyl adjacent to an activating group) is 1. The zero-order valence-electron chi connectivity index (χ0n) is 12.1. The average molecular weight is 279 g/mol. The van der Waals surface area contributed by atoms with Crippen molar-refractivity contribution < 1.29 is 9.59 Å². The Balaban J connectivity index is 1.89. The van der Waals surface area contributed by atoms with E-state index in [1.54, 1.807) is 18.7 Å². The number of nitrogen functional groups attached to an aromatic ring is 1. The standard InChI is InChI=1S/C13H21N5O2/c1-8-13(14)9(2)18(16-8)7-12(20)17(3)6-11(19)15-10-4-5-10/h10H,4-7,14H2,1-3H3,(H,15,19). The minimum Gasteiger partial charge on any atom is -0.396 e. The van der Waals surface area contributed by atoms with Gasteiger partial charge in [-0.05, 0) is 26.7 Å². The highest BCUT2D eigenvalue weighted by Crippen LogP contribution is 2.18. The number of anilines is 1. The van der Waals surface area contributed by atoms with Crippen LogP contribution in [0, 0.1) is 13.8 Å². The molecule has 3 N–H and O–H groups in total. The van der Waals surface area contributed by atoms with Gasteiger partial charge in [-0.3, -0.25) is 14.3 Å². The zero-order valence-corrected chi connectivity index (χ0v) is 12.1. The summed E-state index contributed by atoms with van der Waals surface area (Å²) >= 11 is 0. The lowest BCUT2D eigenvalue weighted by atomic mass is 10.3. The first kappa shape index (κ1) is 14.4. The number of hydrogen-bond donors (Lipinski definition) is 2. The molecular weight excluding hydrogens is 258 g/mol. The van der Waals surface area contributed by atoms with E-state index in [4.69, 9.17) is 5.73 Å². The van der Waals surface area contributed by atoms with E-state index in [2.05, 4.69) is 10.4 Å². The summed E-state index contributed by atoms with van der Waals surface area (Å²) in [6.45, 7) is 3.79. The van der Waals surface area contributed by atoms with Gasteiger partial charge in [0.05, 0.1) is 23.6 Å². The number of carbonyl (C=O) groups is 2. The first-order chi connectivity index (χ1) is 9.38. The molecule has 1 aromatic heterocycles. The van der Waals surface area contributed by atoms with Crippen LogP contribution in [0.5, 0.6) is 0 Å². The van der Waals surface area contributed by atoms with Crippen molar-refractivity contribution >= 4 is 17.5 Å². The smallest absolute Gasteiger partial charge is 0.244 e. The molecule has 1 heterocycles. The van der Waals surface area contributed by atoms with E-state index in [0.717, 1.165) is 18.5 Å². The van der Waals surface area contributed by atoms with Crippen LogP contribution in [0.15, 0.2) is 0 Å². The lowest BCUT2D eigenvalue weighted by Gasteiger charge is -2.17. The summed E-state index contributed by atoms with van der Waals surface area (Å²) in [4.78, 5) is 25.1. The molecule has 20 heavy (non-hydrogen) atoms. The Morgan fingerprint density at radius 2 is 2.10 bits per heavy atom. The monoisotopic (exact) mass is 279 g/mol. The number of carbonyl (C=O) groups excluding carboxylic acids is 2. The molecule has 1 aliphatic carbocycles. The van der Waals surface area contributed by atoms with Crippen LogP contribution in [0.2, 0.25) is 0 Å². The maximum Gasteiger partial charge on any atom is 0.244 e. The largest absolute Gasteiger partial charge is 0.396 e. The average Bonchev–Trinajstić information content (AvgIpc) is 3.15. The highest BCUT2D eigenvalue weighted by molar-refractivity contribution is 5.84. The third-order valence-electron chi connectivity index (χ3n) is 3.47. The van der Waals surface area contributed by atoms with Crippen LogP contribution in [0.25, 0.3) is 0 Å². The zero-order chi connectivity index (χ0) is 14.9. The van der Waals surface area contributed by atoms with E-state index in [-0.39, 0.29) is 24.9 Å². The highest BCUT2D eigenvalue weighted by Gasteiger charge is 2.24. The second kappa shape index (κ2) is 5.52. The number of hydrogen-bond acceptors (Lipinski definition) is 4. The summed E-state index contributed by atoms with van der Waals surface area (Å²) < 4.78 is 1.57. The summed E-state index contributed by atoms with van der Waals surface area (Å²) in [5, 5.41) is 7.07. The van der Waals surface area contributed by atoms with Crippen LogP contribution in [-0.2, 0) is 16.1 Å². The molecule has 1 fully saturated rings. The van der Waals surface area contributed by atoms with Gasteiger partial charge in [0.15, 0.2) is 0 Å². The van der Waals surface area contributed by atoms with Gasteiger partial charge in [-0.2, -0.15) is 5.10 Å². The number of nitrogens with zero attached hydrogens (tertiary/aromatic N) is 3. The van der Waals surface area contributed by atoms with Crippen molar-refractivity contribution in [1.82, 2.24) is 20.0 Å². The van der Waals surface area contributed by atoms with Gasteiger partial charge in [0.1, 0.15) is 6.54 Å². The van der Waals surface area contributed by atoms with Gasteiger partial charge in [-0.25, -0.2) is 0 Å². The van der Waals surface area contributed by atoms with E-state index in [1.165, 1.54) is 4.90 Å².